The number of hydrogen-bond acceptors (Lipinski definition) is 5. The van der Waals surface area contributed by atoms with E-state index in [2.05, 4.69) is 26.8 Å². The van der Waals surface area contributed by atoms with Crippen LogP contribution in [-0.2, 0) is 4.79 Å². The van der Waals surface area contributed by atoms with Gasteiger partial charge in [-0.3, -0.25) is 4.79 Å². The molecule has 0 aromatic rings. The highest BCUT2D eigenvalue weighted by molar-refractivity contribution is 5.77. The number of carboxylic acids is 1. The standard InChI is InChI=1S/C30H48O6/c1-16-10-11-30(24(34)35)13-12-27(5)17(22(30)29(16,7)36)8-9-19-26(4)15-18(31)23(33)25(2,3)20(26)14-21(32)28(19,27)6/h8,16,18-23,31-33,36H,9-15H2,1-7H3,(H,34,35)/t16-,18-,19-,20+,21+,22-,23-,26-,27-,28+,29-,30+/m1/s1. The van der Waals surface area contributed by atoms with Crippen LogP contribution in [0.4, 0.5) is 0 Å². The van der Waals surface area contributed by atoms with E-state index in [1.807, 2.05) is 27.7 Å². The minimum Gasteiger partial charge on any atom is -0.481 e. The summed E-state index contributed by atoms with van der Waals surface area (Å²) in [7, 11) is 0. The highest BCUT2D eigenvalue weighted by Crippen LogP contribution is 2.76. The Labute approximate surface area is 216 Å². The van der Waals surface area contributed by atoms with Gasteiger partial charge in [-0.15, -0.1) is 0 Å². The van der Waals surface area contributed by atoms with Crippen molar-refractivity contribution in [3.63, 3.8) is 0 Å². The minimum absolute atomic E-state index is 0.0160. The van der Waals surface area contributed by atoms with Crippen molar-refractivity contribution in [2.24, 2.45) is 50.7 Å². The molecule has 5 N–H and O–H groups in total. The smallest absolute Gasteiger partial charge is 0.310 e. The Kier molecular flexibility index (Phi) is 5.61. The Morgan fingerprint density at radius 1 is 0.972 bits per heavy atom. The fraction of sp³-hybridized carbons (Fsp3) is 0.900. The lowest BCUT2D eigenvalue weighted by molar-refractivity contribution is -0.266. The highest BCUT2D eigenvalue weighted by Gasteiger charge is 2.73. The molecule has 0 aromatic carbocycles. The maximum Gasteiger partial charge on any atom is 0.310 e. The summed E-state index contributed by atoms with van der Waals surface area (Å²) in [6.45, 7) is 14.5. The Balaban J connectivity index is 1.68. The molecular weight excluding hydrogens is 456 g/mol. The van der Waals surface area contributed by atoms with Crippen LogP contribution in [0.3, 0.4) is 0 Å². The van der Waals surface area contributed by atoms with Crippen LogP contribution in [0.25, 0.3) is 0 Å². The van der Waals surface area contributed by atoms with E-state index in [0.29, 0.717) is 44.9 Å². The molecule has 5 aliphatic carbocycles. The lowest BCUT2D eigenvalue weighted by Crippen LogP contribution is -2.71. The van der Waals surface area contributed by atoms with Crippen LogP contribution in [0.15, 0.2) is 11.6 Å². The second-order valence-corrected chi connectivity index (χ2v) is 15.0. The maximum atomic E-state index is 12.8. The number of carboxylic acid groups (broad SMARTS) is 1. The van der Waals surface area contributed by atoms with Crippen molar-refractivity contribution in [3.8, 4) is 0 Å². The van der Waals surface area contributed by atoms with Gasteiger partial charge in [-0.25, -0.2) is 0 Å². The molecule has 6 heteroatoms. The fourth-order valence-corrected chi connectivity index (χ4v) is 10.9. The van der Waals surface area contributed by atoms with Gasteiger partial charge >= 0.3 is 5.97 Å². The predicted octanol–water partition coefficient (Wildman–Crippen LogP) is 4.15. The summed E-state index contributed by atoms with van der Waals surface area (Å²) in [6.07, 6.45) is 4.08. The molecule has 0 aromatic heterocycles. The SMILES string of the molecule is C[C@@H]1CC[C@]2(C(=O)O)CC[C@]3(C)C(=CC[C@@H]4[C@@]5(C)C[C@@H](O)[C@@H](O)C(C)(C)[C@@H]5C[C@H](O)[C@]43C)[C@@H]2[C@]1(C)O. The Morgan fingerprint density at radius 2 is 1.61 bits per heavy atom. The van der Waals surface area contributed by atoms with Gasteiger partial charge in [0.1, 0.15) is 0 Å². The van der Waals surface area contributed by atoms with Crippen LogP contribution in [0.1, 0.15) is 93.4 Å². The Bertz CT molecular complexity index is 986. The quantitative estimate of drug-likeness (QED) is 0.343. The van der Waals surface area contributed by atoms with Gasteiger partial charge in [0.25, 0.3) is 0 Å². The Hall–Kier alpha value is -0.950. The second-order valence-electron chi connectivity index (χ2n) is 15.0. The normalized spacial score (nSPS) is 58.0. The molecule has 0 bridgehead atoms. The molecule has 6 nitrogen and oxygen atoms in total. The lowest BCUT2D eigenvalue weighted by Gasteiger charge is -2.73. The van der Waals surface area contributed by atoms with Gasteiger partial charge in [0.2, 0.25) is 0 Å². The lowest BCUT2D eigenvalue weighted by atomic mass is 9.32. The molecule has 4 fully saturated rings. The minimum atomic E-state index is -1.15. The van der Waals surface area contributed by atoms with Gasteiger partial charge in [0.15, 0.2) is 0 Å². The number of hydrogen-bond donors (Lipinski definition) is 5. The van der Waals surface area contributed by atoms with E-state index in [1.54, 1.807) is 0 Å². The van der Waals surface area contributed by atoms with E-state index >= 15 is 0 Å². The third kappa shape index (κ3) is 2.85. The van der Waals surface area contributed by atoms with Gasteiger partial charge < -0.3 is 25.5 Å². The first kappa shape index (κ1) is 26.6. The largest absolute Gasteiger partial charge is 0.481 e. The molecule has 0 saturated heterocycles. The predicted molar refractivity (Wildman–Crippen MR) is 137 cm³/mol. The number of rotatable bonds is 1. The van der Waals surface area contributed by atoms with E-state index < -0.39 is 57.5 Å². The van der Waals surface area contributed by atoms with Crippen LogP contribution >= 0.6 is 0 Å². The topological polar surface area (TPSA) is 118 Å². The summed E-state index contributed by atoms with van der Waals surface area (Å²) < 4.78 is 0. The first-order valence-electron chi connectivity index (χ1n) is 14.1. The van der Waals surface area contributed by atoms with E-state index in [1.165, 1.54) is 0 Å². The van der Waals surface area contributed by atoms with E-state index in [-0.39, 0.29) is 23.2 Å². The molecule has 0 amide bonds. The van der Waals surface area contributed by atoms with Crippen molar-refractivity contribution >= 4 is 5.97 Å². The van der Waals surface area contributed by atoms with E-state index in [0.717, 1.165) is 5.57 Å². The van der Waals surface area contributed by atoms with Crippen molar-refractivity contribution in [2.75, 3.05) is 0 Å². The summed E-state index contributed by atoms with van der Waals surface area (Å²) in [6, 6.07) is 0. The van der Waals surface area contributed by atoms with Crippen LogP contribution in [0, 0.1) is 50.7 Å². The number of aliphatic hydroxyl groups is 4. The van der Waals surface area contributed by atoms with Crippen molar-refractivity contribution in [3.05, 3.63) is 11.6 Å². The molecule has 0 unspecified atom stereocenters. The zero-order chi connectivity index (χ0) is 26.9. The van der Waals surface area contributed by atoms with Crippen molar-refractivity contribution in [2.45, 2.75) is 117 Å². The molecule has 5 rings (SSSR count). The molecule has 0 aliphatic heterocycles. The van der Waals surface area contributed by atoms with Crippen LogP contribution in [0.5, 0.6) is 0 Å². The summed E-state index contributed by atoms with van der Waals surface area (Å²) in [5, 5.41) is 56.3. The van der Waals surface area contributed by atoms with Crippen molar-refractivity contribution in [1.29, 1.82) is 0 Å². The zero-order valence-electron chi connectivity index (χ0n) is 23.2. The molecule has 12 atom stereocenters. The fourth-order valence-electron chi connectivity index (χ4n) is 10.9. The molecule has 4 saturated carbocycles. The maximum absolute atomic E-state index is 12.8. The molecule has 36 heavy (non-hydrogen) atoms. The Morgan fingerprint density at radius 3 is 2.22 bits per heavy atom. The van der Waals surface area contributed by atoms with Gasteiger partial charge in [-0.2, -0.15) is 0 Å². The number of aliphatic carboxylic acids is 1. The summed E-state index contributed by atoms with van der Waals surface area (Å²) in [5.74, 6) is -1.20. The third-order valence-electron chi connectivity index (χ3n) is 13.5. The number of carbonyl (C=O) groups is 1. The molecular formula is C30H48O6. The number of allylic oxidation sites excluding steroid dienone is 1. The van der Waals surface area contributed by atoms with E-state index in [9.17, 15) is 30.3 Å². The molecule has 0 radical (unpaired) electrons. The van der Waals surface area contributed by atoms with Crippen molar-refractivity contribution in [1.82, 2.24) is 0 Å². The van der Waals surface area contributed by atoms with Crippen LogP contribution in [0.2, 0.25) is 0 Å². The molecule has 0 heterocycles. The van der Waals surface area contributed by atoms with Crippen LogP contribution in [-0.4, -0.2) is 55.4 Å². The van der Waals surface area contributed by atoms with Gasteiger partial charge in [0.05, 0.1) is 29.3 Å². The van der Waals surface area contributed by atoms with Crippen molar-refractivity contribution < 1.29 is 30.3 Å². The summed E-state index contributed by atoms with van der Waals surface area (Å²) >= 11 is 0. The zero-order valence-corrected chi connectivity index (χ0v) is 23.2. The second kappa shape index (κ2) is 7.58. The average Bonchev–Trinajstić information content (AvgIpc) is 2.77. The third-order valence-corrected chi connectivity index (χ3v) is 13.5. The van der Waals surface area contributed by atoms with Gasteiger partial charge in [-0.1, -0.05) is 53.2 Å². The van der Waals surface area contributed by atoms with Gasteiger partial charge in [0, 0.05) is 11.3 Å². The van der Waals surface area contributed by atoms with E-state index in [4.69, 9.17) is 0 Å². The molecule has 0 spiro atoms. The average molecular weight is 505 g/mol. The molecule has 204 valence electrons. The monoisotopic (exact) mass is 504 g/mol. The summed E-state index contributed by atoms with van der Waals surface area (Å²) in [5.41, 5.74) is -2.93. The first-order chi connectivity index (χ1) is 16.4. The summed E-state index contributed by atoms with van der Waals surface area (Å²) in [4.78, 5) is 12.8. The van der Waals surface area contributed by atoms with Gasteiger partial charge in [-0.05, 0) is 85.9 Å². The molecule has 5 aliphatic rings. The van der Waals surface area contributed by atoms with Crippen LogP contribution < -0.4 is 0 Å². The number of fused-ring (bicyclic) bond motifs is 7. The number of aliphatic hydroxyl groups excluding tert-OH is 3. The highest BCUT2D eigenvalue weighted by atomic mass is 16.4. The first-order valence-corrected chi connectivity index (χ1v) is 14.1.